The van der Waals surface area contributed by atoms with Gasteiger partial charge in [0, 0.05) is 34.3 Å². The Morgan fingerprint density at radius 2 is 1.17 bits per heavy atom. The molecule has 1 aliphatic rings. The van der Waals surface area contributed by atoms with Gasteiger partial charge in [-0.15, -0.1) is 0 Å². The number of hydrogen-bond acceptors (Lipinski definition) is 4. The van der Waals surface area contributed by atoms with Crippen LogP contribution in [0.25, 0.3) is 0 Å². The van der Waals surface area contributed by atoms with Crippen LogP contribution in [0.1, 0.15) is 60.2 Å². The monoisotopic (exact) mass is 406 g/mol. The summed E-state index contributed by atoms with van der Waals surface area (Å²) in [7, 11) is 0. The number of Topliss-reactive ketones (excluding diaryl/α,β-unsaturated/α-hetero) is 2. The van der Waals surface area contributed by atoms with Gasteiger partial charge < -0.3 is 10.6 Å². The van der Waals surface area contributed by atoms with E-state index in [1.54, 1.807) is 48.5 Å². The molecular weight excluding hydrogens is 380 g/mol. The molecule has 0 aliphatic heterocycles. The van der Waals surface area contributed by atoms with E-state index >= 15 is 0 Å². The quantitative estimate of drug-likeness (QED) is 0.692. The SMILES string of the molecule is CC(=O)c1cccc(NC(=O)[C@H]2CCC[C@H](C(=O)Nc3cccc(C(C)=O)c3)C2)c1. The van der Waals surface area contributed by atoms with Crippen LogP contribution in [0, 0.1) is 11.8 Å². The second-order valence-corrected chi connectivity index (χ2v) is 7.81. The third-order valence-corrected chi connectivity index (χ3v) is 5.49. The fourth-order valence-corrected chi connectivity index (χ4v) is 3.79. The first-order chi connectivity index (χ1) is 14.3. The van der Waals surface area contributed by atoms with Gasteiger partial charge in [0.15, 0.2) is 11.6 Å². The van der Waals surface area contributed by atoms with Crippen LogP contribution in [-0.2, 0) is 9.59 Å². The van der Waals surface area contributed by atoms with E-state index in [4.69, 9.17) is 0 Å². The maximum Gasteiger partial charge on any atom is 0.227 e. The summed E-state index contributed by atoms with van der Waals surface area (Å²) in [5.41, 5.74) is 2.25. The predicted molar refractivity (Wildman–Crippen MR) is 116 cm³/mol. The molecule has 1 aliphatic carbocycles. The van der Waals surface area contributed by atoms with E-state index in [-0.39, 0.29) is 35.2 Å². The number of nitrogens with one attached hydrogen (secondary N) is 2. The van der Waals surface area contributed by atoms with Gasteiger partial charge in [0.25, 0.3) is 0 Å². The van der Waals surface area contributed by atoms with Crippen molar-refractivity contribution < 1.29 is 19.2 Å². The van der Waals surface area contributed by atoms with E-state index in [9.17, 15) is 19.2 Å². The molecule has 1 saturated carbocycles. The van der Waals surface area contributed by atoms with Crippen molar-refractivity contribution in [2.45, 2.75) is 39.5 Å². The Hall–Kier alpha value is -3.28. The number of ketones is 2. The molecule has 3 rings (SSSR count). The molecule has 0 bridgehead atoms. The third kappa shape index (κ3) is 5.41. The smallest absolute Gasteiger partial charge is 0.227 e. The number of benzene rings is 2. The van der Waals surface area contributed by atoms with Gasteiger partial charge in [-0.05, 0) is 57.4 Å². The molecule has 6 heteroatoms. The van der Waals surface area contributed by atoms with Gasteiger partial charge in [-0.3, -0.25) is 19.2 Å². The highest BCUT2D eigenvalue weighted by Gasteiger charge is 2.31. The first kappa shape index (κ1) is 21.4. The molecule has 2 aromatic rings. The number of anilines is 2. The second kappa shape index (κ2) is 9.48. The molecule has 0 spiro atoms. The Morgan fingerprint density at radius 1 is 0.733 bits per heavy atom. The molecule has 2 aromatic carbocycles. The molecule has 2 atom stereocenters. The third-order valence-electron chi connectivity index (χ3n) is 5.49. The molecule has 0 radical (unpaired) electrons. The summed E-state index contributed by atoms with van der Waals surface area (Å²) in [6.45, 7) is 2.97. The van der Waals surface area contributed by atoms with Crippen LogP contribution >= 0.6 is 0 Å². The Morgan fingerprint density at radius 3 is 1.57 bits per heavy atom. The lowest BCUT2D eigenvalue weighted by atomic mass is 9.80. The molecule has 2 N–H and O–H groups in total. The standard InChI is InChI=1S/C24H26N2O4/c1-15(27)17-6-4-10-21(13-17)25-23(29)19-8-3-9-20(12-19)24(30)26-22-11-5-7-18(14-22)16(2)28/h4-7,10-11,13-14,19-20H,3,8-9,12H2,1-2H3,(H,25,29)(H,26,30)/t19-,20-/m0/s1. The minimum Gasteiger partial charge on any atom is -0.326 e. The van der Waals surface area contributed by atoms with Gasteiger partial charge in [-0.1, -0.05) is 30.7 Å². The maximum absolute atomic E-state index is 12.7. The van der Waals surface area contributed by atoms with Crippen LogP contribution in [0.5, 0.6) is 0 Å². The lowest BCUT2D eigenvalue weighted by Crippen LogP contribution is -2.33. The molecule has 0 aromatic heterocycles. The Bertz CT molecular complexity index is 905. The topological polar surface area (TPSA) is 92.3 Å². The van der Waals surface area contributed by atoms with Crippen LogP contribution in [-0.4, -0.2) is 23.4 Å². The van der Waals surface area contributed by atoms with Crippen LogP contribution in [0.2, 0.25) is 0 Å². The zero-order chi connectivity index (χ0) is 21.7. The van der Waals surface area contributed by atoms with Crippen molar-refractivity contribution in [2.75, 3.05) is 10.6 Å². The van der Waals surface area contributed by atoms with E-state index in [1.807, 2.05) is 0 Å². The summed E-state index contributed by atoms with van der Waals surface area (Å²) in [6.07, 6.45) is 2.71. The van der Waals surface area contributed by atoms with E-state index in [2.05, 4.69) is 10.6 Å². The van der Waals surface area contributed by atoms with Gasteiger partial charge in [0.1, 0.15) is 0 Å². The molecule has 30 heavy (non-hydrogen) atoms. The lowest BCUT2D eigenvalue weighted by molar-refractivity contribution is -0.124. The van der Waals surface area contributed by atoms with Crippen molar-refractivity contribution >= 4 is 34.8 Å². The van der Waals surface area contributed by atoms with Gasteiger partial charge >= 0.3 is 0 Å². The van der Waals surface area contributed by atoms with Crippen LogP contribution < -0.4 is 10.6 Å². The number of rotatable bonds is 6. The molecule has 2 amide bonds. The largest absolute Gasteiger partial charge is 0.326 e. The maximum atomic E-state index is 12.7. The fraction of sp³-hybridized carbons (Fsp3) is 0.333. The Balaban J connectivity index is 1.61. The summed E-state index contributed by atoms with van der Waals surface area (Å²) in [6, 6.07) is 13.7. The molecule has 6 nitrogen and oxygen atoms in total. The van der Waals surface area contributed by atoms with Crippen molar-refractivity contribution in [3.8, 4) is 0 Å². The summed E-state index contributed by atoms with van der Waals surface area (Å²) in [5, 5.41) is 5.75. The summed E-state index contributed by atoms with van der Waals surface area (Å²) in [4.78, 5) is 48.5. The van der Waals surface area contributed by atoms with E-state index in [1.165, 1.54) is 13.8 Å². The number of carbonyl (C=O) groups excluding carboxylic acids is 4. The van der Waals surface area contributed by atoms with Crippen LogP contribution in [0.15, 0.2) is 48.5 Å². The van der Waals surface area contributed by atoms with E-state index in [0.717, 1.165) is 19.3 Å². The lowest BCUT2D eigenvalue weighted by Gasteiger charge is -2.27. The summed E-state index contributed by atoms with van der Waals surface area (Å²) >= 11 is 0. The summed E-state index contributed by atoms with van der Waals surface area (Å²) in [5.74, 6) is -0.916. The number of carbonyl (C=O) groups is 4. The molecule has 0 saturated heterocycles. The minimum absolute atomic E-state index is 0.0608. The van der Waals surface area contributed by atoms with E-state index in [0.29, 0.717) is 28.9 Å². The van der Waals surface area contributed by atoms with Gasteiger partial charge in [0.05, 0.1) is 0 Å². The van der Waals surface area contributed by atoms with Crippen LogP contribution in [0.3, 0.4) is 0 Å². The molecule has 0 heterocycles. The van der Waals surface area contributed by atoms with Gasteiger partial charge in [-0.25, -0.2) is 0 Å². The zero-order valence-corrected chi connectivity index (χ0v) is 17.2. The predicted octanol–water partition coefficient (Wildman–Crippen LogP) is 4.48. The normalized spacial score (nSPS) is 18.3. The fourth-order valence-electron chi connectivity index (χ4n) is 3.79. The first-order valence-corrected chi connectivity index (χ1v) is 10.2. The number of amides is 2. The van der Waals surface area contributed by atoms with Gasteiger partial charge in [0.2, 0.25) is 11.8 Å². The second-order valence-electron chi connectivity index (χ2n) is 7.81. The Kier molecular flexibility index (Phi) is 6.77. The average molecular weight is 406 g/mol. The number of hydrogen-bond donors (Lipinski definition) is 2. The van der Waals surface area contributed by atoms with Crippen molar-refractivity contribution in [1.82, 2.24) is 0 Å². The van der Waals surface area contributed by atoms with Crippen molar-refractivity contribution in [3.05, 3.63) is 59.7 Å². The van der Waals surface area contributed by atoms with Gasteiger partial charge in [-0.2, -0.15) is 0 Å². The first-order valence-electron chi connectivity index (χ1n) is 10.2. The highest BCUT2D eigenvalue weighted by molar-refractivity contribution is 5.99. The van der Waals surface area contributed by atoms with Crippen LogP contribution in [0.4, 0.5) is 11.4 Å². The molecular formula is C24H26N2O4. The van der Waals surface area contributed by atoms with Crippen molar-refractivity contribution in [2.24, 2.45) is 11.8 Å². The average Bonchev–Trinajstić information content (AvgIpc) is 2.74. The van der Waals surface area contributed by atoms with Crippen molar-refractivity contribution in [3.63, 3.8) is 0 Å². The minimum atomic E-state index is -0.265. The summed E-state index contributed by atoms with van der Waals surface area (Å²) < 4.78 is 0. The Labute approximate surface area is 176 Å². The zero-order valence-electron chi connectivity index (χ0n) is 17.2. The molecule has 0 unspecified atom stereocenters. The van der Waals surface area contributed by atoms with E-state index < -0.39 is 0 Å². The highest BCUT2D eigenvalue weighted by atomic mass is 16.2. The van der Waals surface area contributed by atoms with Crippen molar-refractivity contribution in [1.29, 1.82) is 0 Å². The molecule has 156 valence electrons. The highest BCUT2D eigenvalue weighted by Crippen LogP contribution is 2.31. The molecule has 1 fully saturated rings.